The number of likely N-dealkylation sites (tertiary alicyclic amines) is 2. The Bertz CT molecular complexity index is 2420. The smallest absolute Gasteiger partial charge is 1.00 e. The van der Waals surface area contributed by atoms with Crippen molar-refractivity contribution < 1.29 is 127 Å². The van der Waals surface area contributed by atoms with Crippen molar-refractivity contribution >= 4 is 14.2 Å². The largest absolute Gasteiger partial charge is 1.00 e. The van der Waals surface area contributed by atoms with E-state index in [4.69, 9.17) is 14.6 Å². The molecule has 3 radical (unpaired) electrons. The van der Waals surface area contributed by atoms with Gasteiger partial charge in [0.25, 0.3) is 0 Å². The maximum absolute atomic E-state index is 13.4. The number of hydrogen-bond acceptors (Lipinski definition) is 11. The zero-order valence-electron chi connectivity index (χ0n) is 44.0. The number of alkyl halides is 12. The van der Waals surface area contributed by atoms with E-state index in [1.54, 1.807) is 12.1 Å². The Kier molecular flexibility index (Phi) is 27.9. The summed E-state index contributed by atoms with van der Waals surface area (Å²) in [5.41, 5.74) is 0.310. The molecule has 4 aliphatic rings. The van der Waals surface area contributed by atoms with Gasteiger partial charge in [0.05, 0.1) is 31.3 Å². The molecule has 4 aromatic carbocycles. The van der Waals surface area contributed by atoms with Crippen molar-refractivity contribution in [3.05, 3.63) is 108 Å². The van der Waals surface area contributed by atoms with Crippen LogP contribution in [0.4, 0.5) is 52.7 Å². The van der Waals surface area contributed by atoms with E-state index in [1.165, 1.54) is 84.9 Å². The molecule has 0 bridgehead atoms. The van der Waals surface area contributed by atoms with Gasteiger partial charge in [-0.15, -0.1) is 52.7 Å². The Morgan fingerprint density at radius 1 is 0.537 bits per heavy atom. The number of Topliss-reactive ketones (excluding diaryl/α,β-unsaturated/α-hetero) is 1. The number of halogens is 12. The number of nitrogens with zero attached hydrogens (tertiary/aromatic N) is 2. The van der Waals surface area contributed by atoms with E-state index in [-0.39, 0.29) is 101 Å². The summed E-state index contributed by atoms with van der Waals surface area (Å²) in [7, 11) is 1.00. The van der Waals surface area contributed by atoms with Crippen molar-refractivity contribution in [1.82, 2.24) is 9.80 Å². The number of carbonyl (C=O) groups excluding carboxylic acids is 1. The maximum atomic E-state index is 13.4. The number of β-amino-alcohol motifs (C(OH)–C–C–N with tert-alkyl or cyclic N) is 1. The molecule has 2 aliphatic heterocycles. The second-order valence-corrected chi connectivity index (χ2v) is 19.2. The predicted molar refractivity (Wildman–Crippen MR) is 272 cm³/mol. The molecule has 0 spiro atoms. The van der Waals surface area contributed by atoms with Gasteiger partial charge in [-0.25, -0.2) is 0 Å². The predicted octanol–water partition coefficient (Wildman–Crippen LogP) is 9.94. The fourth-order valence-corrected chi connectivity index (χ4v) is 10.2. The van der Waals surface area contributed by atoms with Crippen LogP contribution in [-0.2, 0) is 15.6 Å². The third-order valence-electron chi connectivity index (χ3n) is 14.0. The Hall–Kier alpha value is -4.59. The number of hydrogen-bond donors (Lipinski definition) is 2. The monoisotopic (exact) mass is 1160 g/mol. The molecule has 3 atom stereocenters. The van der Waals surface area contributed by atoms with Gasteiger partial charge in [0, 0.05) is 52.4 Å². The van der Waals surface area contributed by atoms with Crippen LogP contribution >= 0.6 is 0 Å². The minimum absolute atomic E-state index is 0. The molecule has 4 fully saturated rings. The number of benzene rings is 4. The van der Waals surface area contributed by atoms with Crippen LogP contribution in [0.3, 0.4) is 0 Å². The molecule has 2 aliphatic carbocycles. The first kappa shape index (κ1) is 71.5. The quantitative estimate of drug-likeness (QED) is 0.0733. The Labute approximate surface area is 484 Å². The normalized spacial score (nSPS) is 19.1. The SMILES string of the molecule is C.C.CO.O=C(CN1CCCC(COc2ccc(OC(F)(F)F)cc2)C1)C1(c2ccc(OC(F)(F)F)cc2)CCC1.OC(CN1CCCC(COc2ccc(OC(F)(F)F)cc2)C1)C1(c2ccc(OC(F)(F)F)cc2)CCC1.[B].[H-].[Na+]. The van der Waals surface area contributed by atoms with Gasteiger partial charge in [0.1, 0.15) is 34.5 Å². The zero-order valence-corrected chi connectivity index (χ0v) is 45.0. The van der Waals surface area contributed by atoms with Gasteiger partial charge in [0.2, 0.25) is 0 Å². The van der Waals surface area contributed by atoms with Gasteiger partial charge in [0.15, 0.2) is 5.78 Å². The Balaban J connectivity index is 0.000000741. The molecule has 2 saturated carbocycles. The molecule has 8 rings (SSSR count). The average molecular weight is 1160 g/mol. The van der Waals surface area contributed by atoms with E-state index in [2.05, 4.69) is 28.7 Å². The molecule has 3 unspecified atom stereocenters. The molecule has 0 aromatic heterocycles. The third-order valence-corrected chi connectivity index (χ3v) is 14.0. The van der Waals surface area contributed by atoms with Crippen LogP contribution in [0.1, 0.15) is 91.6 Å². The summed E-state index contributed by atoms with van der Waals surface area (Å²) in [6.07, 6.45) is -11.5. The van der Waals surface area contributed by atoms with Crippen molar-refractivity contribution in [2.75, 3.05) is 59.6 Å². The molecule has 11 nitrogen and oxygen atoms in total. The van der Waals surface area contributed by atoms with Crippen molar-refractivity contribution in [1.29, 1.82) is 0 Å². The number of ether oxygens (including phenoxy) is 6. The minimum Gasteiger partial charge on any atom is -1.00 e. The summed E-state index contributed by atoms with van der Waals surface area (Å²) in [5.74, 6) is -0.00914. The van der Waals surface area contributed by atoms with Crippen molar-refractivity contribution in [2.45, 2.75) is 121 Å². The van der Waals surface area contributed by atoms with E-state index in [0.29, 0.717) is 62.8 Å². The molecule has 2 saturated heterocycles. The van der Waals surface area contributed by atoms with Crippen LogP contribution in [0.25, 0.3) is 0 Å². The average Bonchev–Trinajstić information content (AvgIpc) is 3.31. The molecule has 0 amide bonds. The fourth-order valence-electron chi connectivity index (χ4n) is 10.2. The topological polar surface area (TPSA) is 119 Å². The van der Waals surface area contributed by atoms with E-state index in [0.717, 1.165) is 77.1 Å². The molecule has 2 heterocycles. The van der Waals surface area contributed by atoms with Crippen LogP contribution in [0.2, 0.25) is 0 Å². The molecular weight excluding hydrogens is 1090 g/mol. The van der Waals surface area contributed by atoms with E-state index in [9.17, 15) is 62.6 Å². The molecule has 25 heteroatoms. The van der Waals surface area contributed by atoms with Crippen molar-refractivity contribution in [3.63, 3.8) is 0 Å². The summed E-state index contributed by atoms with van der Waals surface area (Å²) in [5, 5.41) is 18.2. The van der Waals surface area contributed by atoms with Crippen LogP contribution < -0.4 is 58.0 Å². The van der Waals surface area contributed by atoms with Gasteiger partial charge in [-0.05, 0) is 148 Å². The summed E-state index contributed by atoms with van der Waals surface area (Å²) < 4.78 is 176. The first-order valence-electron chi connectivity index (χ1n) is 24.6. The molecule has 4 aromatic rings. The fraction of sp³-hybridized carbons (Fsp3) is 0.545. The van der Waals surface area contributed by atoms with Crippen LogP contribution in [-0.4, -0.2) is 125 Å². The van der Waals surface area contributed by atoms with Gasteiger partial charge in [-0.2, -0.15) is 0 Å². The van der Waals surface area contributed by atoms with E-state index in [1.807, 2.05) is 0 Å². The van der Waals surface area contributed by atoms with E-state index >= 15 is 0 Å². The maximum Gasteiger partial charge on any atom is 1.00 e. The number of aliphatic hydroxyl groups excluding tert-OH is 2. The summed E-state index contributed by atoms with van der Waals surface area (Å²) in [6.45, 7) is 4.30. The summed E-state index contributed by atoms with van der Waals surface area (Å²) >= 11 is 0. The summed E-state index contributed by atoms with van der Waals surface area (Å²) in [4.78, 5) is 17.6. The molecule has 441 valence electrons. The van der Waals surface area contributed by atoms with Crippen LogP contribution in [0.15, 0.2) is 97.1 Å². The Morgan fingerprint density at radius 2 is 0.863 bits per heavy atom. The number of piperidine rings is 2. The van der Waals surface area contributed by atoms with Crippen molar-refractivity contribution in [2.24, 2.45) is 11.8 Å². The molecular formula is C55H69BF12N2NaO9. The second kappa shape index (κ2) is 31.2. The van der Waals surface area contributed by atoms with Gasteiger partial charge >= 0.3 is 55.0 Å². The van der Waals surface area contributed by atoms with Crippen LogP contribution in [0, 0.1) is 11.8 Å². The van der Waals surface area contributed by atoms with Crippen molar-refractivity contribution in [3.8, 4) is 34.5 Å². The molecule has 80 heavy (non-hydrogen) atoms. The minimum atomic E-state index is -4.77. The first-order chi connectivity index (χ1) is 35.8. The number of carbonyl (C=O) groups is 1. The van der Waals surface area contributed by atoms with E-state index < -0.39 is 42.4 Å². The van der Waals surface area contributed by atoms with Gasteiger partial charge in [-0.3, -0.25) is 9.69 Å². The Morgan fingerprint density at radius 3 is 1.20 bits per heavy atom. The number of aliphatic hydroxyl groups is 2. The third kappa shape index (κ3) is 21.6. The van der Waals surface area contributed by atoms with Gasteiger partial charge in [-0.1, -0.05) is 52.0 Å². The second-order valence-electron chi connectivity index (χ2n) is 19.2. The molecule has 2 N–H and O–H groups in total. The number of ketones is 1. The zero-order chi connectivity index (χ0) is 55.4. The first-order valence-corrected chi connectivity index (χ1v) is 24.6. The van der Waals surface area contributed by atoms with Gasteiger partial charge < -0.3 is 45.0 Å². The summed E-state index contributed by atoms with van der Waals surface area (Å²) in [6, 6.07) is 21.8. The van der Waals surface area contributed by atoms with Crippen LogP contribution in [0.5, 0.6) is 34.5 Å². The standard InChI is InChI=1S/C26H29F6NO4.C26H27F6NO4.CH4O.2CH4.B.Na.H/c2*27-25(28,29)36-21-6-4-19(5-7-21)24(12-2-13-24)23(34)16-33-14-1-3-18(15-33)17-35-20-8-10-22(11-9-20)37-26(30,31)32;1-2;;;;;/h4-11,18,23,34H,1-3,12-17H2;4-11,18H,1-3,12-17H2;2H,1H3;2*1H4;;;/q;;;;;;+1;-1. The number of rotatable bonds is 18.